The molecule has 9 heteroatoms. The molecule has 25 heavy (non-hydrogen) atoms. The second-order valence-corrected chi connectivity index (χ2v) is 8.45. The zero-order valence-electron chi connectivity index (χ0n) is 15.2. The molecule has 1 fully saturated rings. The molecule has 0 bridgehead atoms. The minimum absolute atomic E-state index is 0. The maximum atomic E-state index is 12.7. The van der Waals surface area contributed by atoms with Crippen molar-refractivity contribution in [3.8, 4) is 0 Å². The van der Waals surface area contributed by atoms with Gasteiger partial charge in [0.1, 0.15) is 5.76 Å². The predicted molar refractivity (Wildman–Crippen MR) is 98.7 cm³/mol. The zero-order chi connectivity index (χ0) is 17.9. The third-order valence-corrected chi connectivity index (χ3v) is 6.12. The van der Waals surface area contributed by atoms with Gasteiger partial charge in [0, 0.05) is 33.3 Å². The first kappa shape index (κ1) is 22.0. The average molecular weight is 394 g/mol. The summed E-state index contributed by atoms with van der Waals surface area (Å²) in [5, 5.41) is 3.16. The summed E-state index contributed by atoms with van der Waals surface area (Å²) in [4.78, 5) is 14.5. The maximum absolute atomic E-state index is 12.7. The van der Waals surface area contributed by atoms with Gasteiger partial charge in [-0.25, -0.2) is 12.7 Å². The van der Waals surface area contributed by atoms with Gasteiger partial charge in [0.05, 0.1) is 5.56 Å². The Morgan fingerprint density at radius 2 is 1.96 bits per heavy atom. The van der Waals surface area contributed by atoms with Crippen LogP contribution in [0.2, 0.25) is 0 Å². The van der Waals surface area contributed by atoms with Crippen LogP contribution in [-0.4, -0.2) is 63.8 Å². The van der Waals surface area contributed by atoms with Gasteiger partial charge in [0.2, 0.25) is 5.09 Å². The van der Waals surface area contributed by atoms with Crippen LogP contribution in [0.25, 0.3) is 0 Å². The maximum Gasteiger partial charge on any atom is 0.275 e. The van der Waals surface area contributed by atoms with Gasteiger partial charge in [-0.1, -0.05) is 6.92 Å². The number of amides is 1. The lowest BCUT2D eigenvalue weighted by Crippen LogP contribution is -2.40. The molecule has 0 unspecified atom stereocenters. The highest BCUT2D eigenvalue weighted by Crippen LogP contribution is 2.24. The molecule has 0 saturated carbocycles. The number of rotatable bonds is 6. The lowest BCUT2D eigenvalue weighted by Gasteiger charge is -2.32. The molecule has 0 radical (unpaired) electrons. The van der Waals surface area contributed by atoms with Crippen LogP contribution in [-0.2, 0) is 10.0 Å². The monoisotopic (exact) mass is 393 g/mol. The number of carbonyl (C=O) groups is 1. The van der Waals surface area contributed by atoms with Crippen molar-refractivity contribution < 1.29 is 17.6 Å². The molecule has 2 heterocycles. The zero-order valence-corrected chi connectivity index (χ0v) is 16.9. The van der Waals surface area contributed by atoms with Crippen LogP contribution in [0.15, 0.2) is 15.6 Å². The lowest BCUT2D eigenvalue weighted by molar-refractivity contribution is 0.0688. The lowest BCUT2D eigenvalue weighted by atomic mass is 9.96. The molecule has 1 aromatic rings. The summed E-state index contributed by atoms with van der Waals surface area (Å²) in [5.74, 6) is 0.776. The first-order valence-electron chi connectivity index (χ1n) is 8.30. The summed E-state index contributed by atoms with van der Waals surface area (Å²) in [6.45, 7) is 7.02. The Bertz CT molecular complexity index is 680. The molecule has 1 aliphatic heterocycles. The van der Waals surface area contributed by atoms with E-state index < -0.39 is 10.0 Å². The molecule has 1 aliphatic rings. The molecule has 0 aromatic carbocycles. The standard InChI is InChI=1S/C16H27N3O4S.ClH/c1-5-17-11-13-6-8-19(9-7-13)16(20)14-10-15(23-12(14)2)24(21,22)18(3)4;/h10,13,17H,5-9,11H2,1-4H3;1H. The quantitative estimate of drug-likeness (QED) is 0.795. The molecule has 0 spiro atoms. The van der Waals surface area contributed by atoms with Crippen molar-refractivity contribution in [2.24, 2.45) is 5.92 Å². The molecule has 1 saturated heterocycles. The van der Waals surface area contributed by atoms with Crippen LogP contribution < -0.4 is 5.32 Å². The fourth-order valence-corrected chi connectivity index (χ4v) is 3.69. The first-order chi connectivity index (χ1) is 11.3. The van der Waals surface area contributed by atoms with E-state index in [1.165, 1.54) is 20.2 Å². The van der Waals surface area contributed by atoms with Crippen molar-refractivity contribution in [3.63, 3.8) is 0 Å². The van der Waals surface area contributed by atoms with Gasteiger partial charge in [-0.2, -0.15) is 0 Å². The van der Waals surface area contributed by atoms with Gasteiger partial charge in [0.15, 0.2) is 0 Å². The minimum atomic E-state index is -3.67. The summed E-state index contributed by atoms with van der Waals surface area (Å²) in [7, 11) is -0.806. The second kappa shape index (κ2) is 9.02. The number of carbonyl (C=O) groups excluding carboxylic acids is 1. The number of hydrogen-bond acceptors (Lipinski definition) is 5. The average Bonchev–Trinajstić information content (AvgIpc) is 2.95. The van der Waals surface area contributed by atoms with E-state index in [0.29, 0.717) is 30.3 Å². The van der Waals surface area contributed by atoms with E-state index in [1.54, 1.807) is 11.8 Å². The first-order valence-corrected chi connectivity index (χ1v) is 9.74. The van der Waals surface area contributed by atoms with Crippen molar-refractivity contribution in [1.29, 1.82) is 0 Å². The van der Waals surface area contributed by atoms with Crippen molar-refractivity contribution in [3.05, 3.63) is 17.4 Å². The second-order valence-electron chi connectivity index (χ2n) is 6.37. The molecule has 1 N–H and O–H groups in total. The summed E-state index contributed by atoms with van der Waals surface area (Å²) >= 11 is 0. The smallest absolute Gasteiger partial charge is 0.275 e. The van der Waals surface area contributed by atoms with Gasteiger partial charge in [-0.15, -0.1) is 12.4 Å². The number of hydrogen-bond donors (Lipinski definition) is 1. The molecule has 0 atom stereocenters. The Balaban J connectivity index is 0.00000312. The van der Waals surface area contributed by atoms with Crippen molar-refractivity contribution in [2.75, 3.05) is 40.3 Å². The summed E-state index contributed by atoms with van der Waals surface area (Å²) in [6.07, 6.45) is 1.91. The summed E-state index contributed by atoms with van der Waals surface area (Å²) < 4.78 is 30.7. The van der Waals surface area contributed by atoms with E-state index >= 15 is 0 Å². The van der Waals surface area contributed by atoms with E-state index in [2.05, 4.69) is 12.2 Å². The summed E-state index contributed by atoms with van der Waals surface area (Å²) in [6, 6.07) is 1.34. The van der Waals surface area contributed by atoms with E-state index in [-0.39, 0.29) is 23.4 Å². The number of likely N-dealkylation sites (tertiary alicyclic amines) is 1. The molecular formula is C16H28ClN3O4S. The predicted octanol–water partition coefficient (Wildman–Crippen LogP) is 1.72. The third-order valence-electron chi connectivity index (χ3n) is 4.45. The van der Waals surface area contributed by atoms with E-state index in [9.17, 15) is 13.2 Å². The number of aryl methyl sites for hydroxylation is 1. The van der Waals surface area contributed by atoms with Gasteiger partial charge in [-0.3, -0.25) is 4.79 Å². The Hall–Kier alpha value is -1.09. The van der Waals surface area contributed by atoms with Gasteiger partial charge < -0.3 is 14.6 Å². The Morgan fingerprint density at radius 1 is 1.36 bits per heavy atom. The molecule has 2 rings (SSSR count). The van der Waals surface area contributed by atoms with Crippen LogP contribution in [0.1, 0.15) is 35.9 Å². The molecule has 1 amide bonds. The molecule has 0 aliphatic carbocycles. The van der Waals surface area contributed by atoms with Crippen LogP contribution in [0.5, 0.6) is 0 Å². The van der Waals surface area contributed by atoms with Crippen molar-refractivity contribution in [1.82, 2.24) is 14.5 Å². The fraction of sp³-hybridized carbons (Fsp3) is 0.688. The number of furan rings is 1. The highest BCUT2D eigenvalue weighted by molar-refractivity contribution is 7.88. The molecule has 7 nitrogen and oxygen atoms in total. The van der Waals surface area contributed by atoms with Crippen LogP contribution in [0.3, 0.4) is 0 Å². The largest absolute Gasteiger partial charge is 0.448 e. The van der Waals surface area contributed by atoms with Crippen LogP contribution in [0.4, 0.5) is 0 Å². The van der Waals surface area contributed by atoms with Gasteiger partial charge >= 0.3 is 0 Å². The number of piperidine rings is 1. The molecule has 144 valence electrons. The Labute approximate surface area is 156 Å². The number of halogens is 1. The molecular weight excluding hydrogens is 366 g/mol. The number of nitrogens with one attached hydrogen (secondary N) is 1. The normalized spacial score (nSPS) is 16.1. The number of nitrogens with zero attached hydrogens (tertiary/aromatic N) is 2. The topological polar surface area (TPSA) is 82.9 Å². The fourth-order valence-electron chi connectivity index (χ4n) is 2.83. The SMILES string of the molecule is CCNCC1CCN(C(=O)c2cc(S(=O)(=O)N(C)C)oc2C)CC1.Cl. The van der Waals surface area contributed by atoms with E-state index in [1.807, 2.05) is 0 Å². The highest BCUT2D eigenvalue weighted by Gasteiger charge is 2.29. The van der Waals surface area contributed by atoms with Gasteiger partial charge in [0.25, 0.3) is 15.9 Å². The van der Waals surface area contributed by atoms with Crippen molar-refractivity contribution >= 4 is 28.3 Å². The Kier molecular flexibility index (Phi) is 7.92. The minimum Gasteiger partial charge on any atom is -0.448 e. The van der Waals surface area contributed by atoms with Crippen LogP contribution >= 0.6 is 12.4 Å². The van der Waals surface area contributed by atoms with Crippen LogP contribution in [0, 0.1) is 12.8 Å². The number of sulfonamides is 1. The molecule has 1 aromatic heterocycles. The van der Waals surface area contributed by atoms with E-state index in [4.69, 9.17) is 4.42 Å². The highest BCUT2D eigenvalue weighted by atomic mass is 35.5. The Morgan fingerprint density at radius 3 is 2.48 bits per heavy atom. The summed E-state index contributed by atoms with van der Waals surface area (Å²) in [5.41, 5.74) is 0.334. The third kappa shape index (κ3) is 4.97. The van der Waals surface area contributed by atoms with Crippen molar-refractivity contribution in [2.45, 2.75) is 31.8 Å². The van der Waals surface area contributed by atoms with E-state index in [0.717, 1.165) is 30.2 Å². The van der Waals surface area contributed by atoms with Gasteiger partial charge in [-0.05, 0) is 38.8 Å².